The fourth-order valence-electron chi connectivity index (χ4n) is 3.66. The summed E-state index contributed by atoms with van der Waals surface area (Å²) < 4.78 is 7.87. The molecular weight excluding hydrogens is 501 g/mol. The van der Waals surface area contributed by atoms with Gasteiger partial charge in [0, 0.05) is 35.7 Å². The van der Waals surface area contributed by atoms with E-state index in [1.54, 1.807) is 25.2 Å². The summed E-state index contributed by atoms with van der Waals surface area (Å²) in [5, 5.41) is 5.97. The monoisotopic (exact) mass is 525 g/mol. The van der Waals surface area contributed by atoms with Gasteiger partial charge in [-0.05, 0) is 55.8 Å². The molecule has 4 aromatic rings. The Balaban J connectivity index is 1.42. The van der Waals surface area contributed by atoms with Crippen LogP contribution in [0.25, 0.3) is 5.65 Å². The predicted molar refractivity (Wildman–Crippen MR) is 142 cm³/mol. The molecule has 0 radical (unpaired) electrons. The van der Waals surface area contributed by atoms with Gasteiger partial charge in [0.25, 0.3) is 0 Å². The van der Waals surface area contributed by atoms with Crippen molar-refractivity contribution in [1.29, 1.82) is 0 Å². The Labute approximate surface area is 218 Å². The number of fused-ring (bicyclic) bond motifs is 1. The van der Waals surface area contributed by atoms with Gasteiger partial charge in [0.05, 0.1) is 22.9 Å². The summed E-state index contributed by atoms with van der Waals surface area (Å²) in [6.45, 7) is 3.69. The van der Waals surface area contributed by atoms with E-state index < -0.39 is 6.03 Å². The number of aromatic nitrogens is 2. The van der Waals surface area contributed by atoms with Gasteiger partial charge in [-0.1, -0.05) is 35.3 Å². The minimum absolute atomic E-state index is 0.0796. The molecule has 2 heterocycles. The van der Waals surface area contributed by atoms with Gasteiger partial charge >= 0.3 is 6.03 Å². The number of pyridine rings is 1. The largest absolute Gasteiger partial charge is 0.485 e. The van der Waals surface area contributed by atoms with Crippen LogP contribution in [0.3, 0.4) is 0 Å². The quantitative estimate of drug-likeness (QED) is 0.327. The maximum Gasteiger partial charge on any atom is 0.319 e. The maximum atomic E-state index is 12.8. The fourth-order valence-corrected chi connectivity index (χ4v) is 4.26. The number of carbonyl (C=O) groups excluding carboxylic acids is 2. The summed E-state index contributed by atoms with van der Waals surface area (Å²) in [5.74, 6) is 0.222. The number of carbonyl (C=O) groups is 2. The number of benzene rings is 2. The van der Waals surface area contributed by atoms with Gasteiger partial charge in [-0.25, -0.2) is 9.78 Å². The number of ether oxygens (including phenoxy) is 1. The Morgan fingerprint density at radius 1 is 1.11 bits per heavy atom. The smallest absolute Gasteiger partial charge is 0.319 e. The molecule has 0 saturated carbocycles. The Bertz CT molecular complexity index is 1440. The molecule has 0 bridgehead atoms. The van der Waals surface area contributed by atoms with Crippen LogP contribution in [0.5, 0.6) is 5.75 Å². The number of imidazole rings is 1. The van der Waals surface area contributed by atoms with E-state index in [-0.39, 0.29) is 24.1 Å². The van der Waals surface area contributed by atoms with Crippen LogP contribution in [0.1, 0.15) is 16.8 Å². The summed E-state index contributed by atoms with van der Waals surface area (Å²) in [4.78, 5) is 30.8. The second-order valence-electron chi connectivity index (χ2n) is 8.26. The first-order chi connectivity index (χ1) is 17.2. The number of amides is 3. The molecule has 10 heteroatoms. The molecule has 2 aromatic heterocycles. The first-order valence-electron chi connectivity index (χ1n) is 11.1. The van der Waals surface area contributed by atoms with Crippen LogP contribution < -0.4 is 20.3 Å². The van der Waals surface area contributed by atoms with Gasteiger partial charge in [-0.3, -0.25) is 4.79 Å². The highest BCUT2D eigenvalue weighted by Crippen LogP contribution is 2.35. The summed E-state index contributed by atoms with van der Waals surface area (Å²) in [6, 6.07) is 13.9. The molecular formula is C26H25Cl2N5O3. The zero-order valence-corrected chi connectivity index (χ0v) is 21.5. The Morgan fingerprint density at radius 2 is 1.92 bits per heavy atom. The van der Waals surface area contributed by atoms with E-state index in [1.165, 1.54) is 4.90 Å². The molecule has 8 nitrogen and oxygen atoms in total. The molecule has 0 atom stereocenters. The highest BCUT2D eigenvalue weighted by Gasteiger charge is 2.19. The topological polar surface area (TPSA) is 88.0 Å². The number of aryl methyl sites for hydroxylation is 2. The third-order valence-corrected chi connectivity index (χ3v) is 6.29. The van der Waals surface area contributed by atoms with Gasteiger partial charge in [-0.15, -0.1) is 0 Å². The van der Waals surface area contributed by atoms with Crippen LogP contribution >= 0.6 is 23.2 Å². The third-order valence-electron chi connectivity index (χ3n) is 5.52. The second-order valence-corrected chi connectivity index (χ2v) is 9.05. The highest BCUT2D eigenvalue weighted by atomic mass is 35.5. The van der Waals surface area contributed by atoms with Gasteiger partial charge in [0.1, 0.15) is 6.61 Å². The number of nitrogens with one attached hydrogen (secondary N) is 2. The van der Waals surface area contributed by atoms with E-state index in [2.05, 4.69) is 15.6 Å². The van der Waals surface area contributed by atoms with Crippen molar-refractivity contribution in [1.82, 2.24) is 14.7 Å². The number of halogens is 2. The zero-order chi connectivity index (χ0) is 25.8. The Kier molecular flexibility index (Phi) is 7.67. The standard InChI is InChI=1S/C26H25Cl2N5O3/c1-16-6-4-7-18(12-16)31-26(35)29-13-23(34)32(3)21-10-9-20(27)19(24(21)28)15-36-22-8-5-11-33-14-17(2)30-25(22)33/h4-12,14H,13,15H2,1-3H3,(H2,29,31,35). The molecule has 0 aliphatic rings. The molecule has 0 unspecified atom stereocenters. The lowest BCUT2D eigenvalue weighted by molar-refractivity contribution is -0.117. The van der Waals surface area contributed by atoms with Gasteiger partial charge < -0.3 is 24.7 Å². The molecule has 0 saturated heterocycles. The summed E-state index contributed by atoms with van der Waals surface area (Å²) in [7, 11) is 1.58. The number of likely N-dealkylation sites (N-methyl/N-ethyl adjacent to an activating group) is 1. The molecule has 2 aromatic carbocycles. The molecule has 3 amide bonds. The maximum absolute atomic E-state index is 12.8. The van der Waals surface area contributed by atoms with E-state index in [9.17, 15) is 9.59 Å². The molecule has 0 aliphatic carbocycles. The molecule has 2 N–H and O–H groups in total. The van der Waals surface area contributed by atoms with E-state index >= 15 is 0 Å². The summed E-state index contributed by atoms with van der Waals surface area (Å²) in [5.41, 5.74) is 4.18. The number of nitrogens with zero attached hydrogens (tertiary/aromatic N) is 3. The molecule has 0 fully saturated rings. The van der Waals surface area contributed by atoms with Crippen LogP contribution in [0, 0.1) is 13.8 Å². The summed E-state index contributed by atoms with van der Waals surface area (Å²) >= 11 is 13.1. The van der Waals surface area contributed by atoms with Gasteiger partial charge in [0.2, 0.25) is 5.91 Å². The van der Waals surface area contributed by atoms with Crippen LogP contribution in [0.4, 0.5) is 16.2 Å². The van der Waals surface area contributed by atoms with Crippen molar-refractivity contribution in [2.24, 2.45) is 0 Å². The number of rotatable bonds is 7. The van der Waals surface area contributed by atoms with Crippen molar-refractivity contribution in [3.8, 4) is 5.75 Å². The van der Waals surface area contributed by atoms with E-state index in [1.807, 2.05) is 61.0 Å². The SMILES string of the molecule is Cc1cccc(NC(=O)NCC(=O)N(C)c2ccc(Cl)c(COc3cccn4cc(C)nc34)c2Cl)c1. The first-order valence-corrected chi connectivity index (χ1v) is 11.9. The van der Waals surface area contributed by atoms with Gasteiger partial charge in [-0.2, -0.15) is 0 Å². The molecule has 36 heavy (non-hydrogen) atoms. The van der Waals surface area contributed by atoms with E-state index in [0.717, 1.165) is 11.3 Å². The van der Waals surface area contributed by atoms with Crippen molar-refractivity contribution in [2.45, 2.75) is 20.5 Å². The normalized spacial score (nSPS) is 10.8. The number of urea groups is 1. The number of hydrogen-bond donors (Lipinski definition) is 2. The van der Waals surface area contributed by atoms with Crippen LogP contribution in [0.2, 0.25) is 10.0 Å². The lowest BCUT2D eigenvalue weighted by Crippen LogP contribution is -2.40. The average Bonchev–Trinajstić information content (AvgIpc) is 3.23. The van der Waals surface area contributed by atoms with Crippen LogP contribution in [0.15, 0.2) is 60.9 Å². The Hall–Kier alpha value is -3.75. The van der Waals surface area contributed by atoms with Crippen molar-refractivity contribution in [3.05, 3.63) is 87.8 Å². The number of anilines is 2. The minimum Gasteiger partial charge on any atom is -0.485 e. The second kappa shape index (κ2) is 10.9. The lowest BCUT2D eigenvalue weighted by atomic mass is 10.2. The third kappa shape index (κ3) is 5.72. The highest BCUT2D eigenvalue weighted by molar-refractivity contribution is 6.38. The van der Waals surface area contributed by atoms with Crippen molar-refractivity contribution < 1.29 is 14.3 Å². The van der Waals surface area contributed by atoms with E-state index in [4.69, 9.17) is 27.9 Å². The fraction of sp³-hybridized carbons (Fsp3) is 0.192. The molecule has 186 valence electrons. The van der Waals surface area contributed by atoms with Crippen molar-refractivity contribution in [2.75, 3.05) is 23.8 Å². The molecule has 0 aliphatic heterocycles. The molecule has 0 spiro atoms. The van der Waals surface area contributed by atoms with E-state index in [0.29, 0.717) is 33.4 Å². The Morgan fingerprint density at radius 3 is 2.69 bits per heavy atom. The minimum atomic E-state index is -0.484. The molecule has 4 rings (SSSR count). The van der Waals surface area contributed by atoms with Crippen molar-refractivity contribution in [3.63, 3.8) is 0 Å². The lowest BCUT2D eigenvalue weighted by Gasteiger charge is -2.21. The van der Waals surface area contributed by atoms with Crippen molar-refractivity contribution >= 4 is 52.2 Å². The number of hydrogen-bond acceptors (Lipinski definition) is 4. The van der Waals surface area contributed by atoms with Gasteiger partial charge in [0.15, 0.2) is 11.4 Å². The predicted octanol–water partition coefficient (Wildman–Crippen LogP) is 5.62. The average molecular weight is 526 g/mol. The van der Waals surface area contributed by atoms with Crippen LogP contribution in [-0.4, -0.2) is 34.9 Å². The van der Waals surface area contributed by atoms with Crippen LogP contribution in [-0.2, 0) is 11.4 Å². The summed E-state index contributed by atoms with van der Waals surface area (Å²) in [6.07, 6.45) is 3.79. The zero-order valence-electron chi connectivity index (χ0n) is 20.0. The first kappa shape index (κ1) is 25.3.